The van der Waals surface area contributed by atoms with E-state index in [0.717, 1.165) is 45.0 Å². The standard InChI is InChI=1S/C18H28N4O/c1-20-11-13-21(14-12-20)15-18(23)19-16-5-7-17(8-6-16)22-9-3-2-4-10-22/h5-8H,2-4,9-15H2,1H3,(H,19,23). The molecule has 1 amide bonds. The van der Waals surface area contributed by atoms with E-state index >= 15 is 0 Å². The molecule has 2 heterocycles. The number of nitrogens with zero attached hydrogens (tertiary/aromatic N) is 3. The van der Waals surface area contributed by atoms with Crippen LogP contribution in [0.5, 0.6) is 0 Å². The molecule has 5 nitrogen and oxygen atoms in total. The highest BCUT2D eigenvalue weighted by Crippen LogP contribution is 2.21. The van der Waals surface area contributed by atoms with Crippen LogP contribution in [0, 0.1) is 0 Å². The monoisotopic (exact) mass is 316 g/mol. The number of amides is 1. The van der Waals surface area contributed by atoms with E-state index < -0.39 is 0 Å². The van der Waals surface area contributed by atoms with Gasteiger partial charge in [0, 0.05) is 50.6 Å². The molecule has 1 aromatic rings. The molecule has 0 radical (unpaired) electrons. The lowest BCUT2D eigenvalue weighted by Gasteiger charge is -2.31. The lowest BCUT2D eigenvalue weighted by molar-refractivity contribution is -0.117. The van der Waals surface area contributed by atoms with Crippen molar-refractivity contribution in [3.05, 3.63) is 24.3 Å². The summed E-state index contributed by atoms with van der Waals surface area (Å²) in [5, 5.41) is 3.02. The van der Waals surface area contributed by atoms with E-state index in [-0.39, 0.29) is 5.91 Å². The van der Waals surface area contributed by atoms with Crippen molar-refractivity contribution in [2.75, 3.05) is 63.1 Å². The molecule has 0 aliphatic carbocycles. The number of nitrogens with one attached hydrogen (secondary N) is 1. The van der Waals surface area contributed by atoms with Crippen molar-refractivity contribution < 1.29 is 4.79 Å². The molecular formula is C18H28N4O. The molecule has 0 aromatic heterocycles. The fourth-order valence-electron chi connectivity index (χ4n) is 3.32. The van der Waals surface area contributed by atoms with Crippen LogP contribution in [0.1, 0.15) is 19.3 Å². The van der Waals surface area contributed by atoms with Crippen LogP contribution in [-0.2, 0) is 4.79 Å². The first-order valence-electron chi connectivity index (χ1n) is 8.76. The van der Waals surface area contributed by atoms with Crippen LogP contribution in [0.2, 0.25) is 0 Å². The van der Waals surface area contributed by atoms with Crippen LogP contribution in [0.4, 0.5) is 11.4 Å². The number of carbonyl (C=O) groups excluding carboxylic acids is 1. The van der Waals surface area contributed by atoms with Crippen molar-refractivity contribution in [1.29, 1.82) is 0 Å². The van der Waals surface area contributed by atoms with Gasteiger partial charge in [-0.15, -0.1) is 0 Å². The number of hydrogen-bond donors (Lipinski definition) is 1. The Balaban J connectivity index is 1.48. The molecule has 23 heavy (non-hydrogen) atoms. The minimum Gasteiger partial charge on any atom is -0.372 e. The van der Waals surface area contributed by atoms with Gasteiger partial charge in [0.05, 0.1) is 6.54 Å². The summed E-state index contributed by atoms with van der Waals surface area (Å²) >= 11 is 0. The van der Waals surface area contributed by atoms with Crippen LogP contribution >= 0.6 is 0 Å². The average molecular weight is 316 g/mol. The zero-order valence-electron chi connectivity index (χ0n) is 14.1. The van der Waals surface area contributed by atoms with Gasteiger partial charge in [0.2, 0.25) is 5.91 Å². The van der Waals surface area contributed by atoms with E-state index in [9.17, 15) is 4.79 Å². The van der Waals surface area contributed by atoms with E-state index in [2.05, 4.69) is 39.2 Å². The second-order valence-corrected chi connectivity index (χ2v) is 6.72. The Kier molecular flexibility index (Phi) is 5.51. The second-order valence-electron chi connectivity index (χ2n) is 6.72. The molecule has 126 valence electrons. The lowest BCUT2D eigenvalue weighted by atomic mass is 10.1. The van der Waals surface area contributed by atoms with E-state index in [0.29, 0.717) is 6.54 Å². The zero-order valence-corrected chi connectivity index (χ0v) is 14.1. The maximum absolute atomic E-state index is 12.2. The average Bonchev–Trinajstić information content (AvgIpc) is 2.58. The van der Waals surface area contributed by atoms with Crippen LogP contribution in [-0.4, -0.2) is 68.6 Å². The third kappa shape index (κ3) is 4.69. The van der Waals surface area contributed by atoms with E-state index in [4.69, 9.17) is 0 Å². The van der Waals surface area contributed by atoms with Crippen molar-refractivity contribution in [2.24, 2.45) is 0 Å². The molecule has 3 rings (SSSR count). The Bertz CT molecular complexity index is 502. The van der Waals surface area contributed by atoms with E-state index in [1.165, 1.54) is 24.9 Å². The van der Waals surface area contributed by atoms with Crippen molar-refractivity contribution in [1.82, 2.24) is 9.80 Å². The van der Waals surface area contributed by atoms with Crippen LogP contribution < -0.4 is 10.2 Å². The molecule has 0 spiro atoms. The van der Waals surface area contributed by atoms with Gasteiger partial charge in [0.1, 0.15) is 0 Å². The van der Waals surface area contributed by atoms with E-state index in [1.807, 2.05) is 12.1 Å². The fraction of sp³-hybridized carbons (Fsp3) is 0.611. The molecule has 1 N–H and O–H groups in total. The topological polar surface area (TPSA) is 38.8 Å². The molecule has 0 atom stereocenters. The van der Waals surface area contributed by atoms with Crippen molar-refractivity contribution in [3.8, 4) is 0 Å². The molecular weight excluding hydrogens is 288 g/mol. The number of carbonyl (C=O) groups is 1. The molecule has 0 saturated carbocycles. The smallest absolute Gasteiger partial charge is 0.238 e. The molecule has 2 aliphatic heterocycles. The summed E-state index contributed by atoms with van der Waals surface area (Å²) in [6.07, 6.45) is 3.91. The van der Waals surface area contributed by atoms with Crippen LogP contribution in [0.3, 0.4) is 0 Å². The maximum Gasteiger partial charge on any atom is 0.238 e. The highest BCUT2D eigenvalue weighted by molar-refractivity contribution is 5.92. The quantitative estimate of drug-likeness (QED) is 0.920. The first kappa shape index (κ1) is 16.3. The van der Waals surface area contributed by atoms with Gasteiger partial charge < -0.3 is 15.1 Å². The Labute approximate surface area is 139 Å². The number of piperazine rings is 1. The van der Waals surface area contributed by atoms with E-state index in [1.54, 1.807) is 0 Å². The van der Waals surface area contributed by atoms with Gasteiger partial charge in [0.25, 0.3) is 0 Å². The summed E-state index contributed by atoms with van der Waals surface area (Å²) in [5.74, 6) is 0.0836. The minimum atomic E-state index is 0.0836. The number of hydrogen-bond acceptors (Lipinski definition) is 4. The first-order valence-corrected chi connectivity index (χ1v) is 8.76. The molecule has 0 unspecified atom stereocenters. The first-order chi connectivity index (χ1) is 11.2. The molecule has 2 fully saturated rings. The highest BCUT2D eigenvalue weighted by atomic mass is 16.2. The molecule has 5 heteroatoms. The fourth-order valence-corrected chi connectivity index (χ4v) is 3.32. The molecule has 2 saturated heterocycles. The molecule has 1 aromatic carbocycles. The van der Waals surface area contributed by atoms with Gasteiger partial charge in [-0.05, 0) is 50.6 Å². The van der Waals surface area contributed by atoms with Crippen LogP contribution in [0.25, 0.3) is 0 Å². The third-order valence-electron chi connectivity index (χ3n) is 4.84. The lowest BCUT2D eigenvalue weighted by Crippen LogP contribution is -2.47. The number of rotatable bonds is 4. The van der Waals surface area contributed by atoms with Crippen molar-refractivity contribution in [2.45, 2.75) is 19.3 Å². The summed E-state index contributed by atoms with van der Waals surface area (Å²) in [4.78, 5) is 19.1. The number of piperidine rings is 1. The predicted molar refractivity (Wildman–Crippen MR) is 95.1 cm³/mol. The van der Waals surface area contributed by atoms with Crippen LogP contribution in [0.15, 0.2) is 24.3 Å². The van der Waals surface area contributed by atoms with Gasteiger partial charge in [-0.1, -0.05) is 0 Å². The predicted octanol–water partition coefficient (Wildman–Crippen LogP) is 1.86. The zero-order chi connectivity index (χ0) is 16.1. The number of benzene rings is 1. The van der Waals surface area contributed by atoms with Gasteiger partial charge in [0.15, 0.2) is 0 Å². The summed E-state index contributed by atoms with van der Waals surface area (Å²) in [5.41, 5.74) is 2.16. The summed E-state index contributed by atoms with van der Waals surface area (Å²) in [7, 11) is 2.13. The Morgan fingerprint density at radius 3 is 2.26 bits per heavy atom. The van der Waals surface area contributed by atoms with Crippen molar-refractivity contribution in [3.63, 3.8) is 0 Å². The normalized spacial score (nSPS) is 20.5. The van der Waals surface area contributed by atoms with Gasteiger partial charge >= 0.3 is 0 Å². The maximum atomic E-state index is 12.2. The Hall–Kier alpha value is -1.59. The number of likely N-dealkylation sites (N-methyl/N-ethyl adjacent to an activating group) is 1. The Morgan fingerprint density at radius 1 is 0.957 bits per heavy atom. The third-order valence-corrected chi connectivity index (χ3v) is 4.84. The molecule has 2 aliphatic rings. The minimum absolute atomic E-state index is 0.0836. The largest absolute Gasteiger partial charge is 0.372 e. The van der Waals surface area contributed by atoms with Crippen molar-refractivity contribution >= 4 is 17.3 Å². The summed E-state index contributed by atoms with van der Waals surface area (Å²) < 4.78 is 0. The van der Waals surface area contributed by atoms with Gasteiger partial charge in [-0.25, -0.2) is 0 Å². The second kappa shape index (κ2) is 7.79. The van der Waals surface area contributed by atoms with Gasteiger partial charge in [-0.3, -0.25) is 9.69 Å². The highest BCUT2D eigenvalue weighted by Gasteiger charge is 2.16. The number of anilines is 2. The molecule has 0 bridgehead atoms. The Morgan fingerprint density at radius 2 is 1.61 bits per heavy atom. The van der Waals surface area contributed by atoms with Gasteiger partial charge in [-0.2, -0.15) is 0 Å². The summed E-state index contributed by atoms with van der Waals surface area (Å²) in [6, 6.07) is 8.28. The SMILES string of the molecule is CN1CCN(CC(=O)Nc2ccc(N3CCCCC3)cc2)CC1. The summed E-state index contributed by atoms with van der Waals surface area (Å²) in [6.45, 7) is 6.80.